The van der Waals surface area contributed by atoms with Crippen molar-refractivity contribution in [3.63, 3.8) is 0 Å². The molecule has 1 atom stereocenters. The standard InChI is InChI=1S/C11H13F2NO3S/c1-3-6-18(16)14-8-5-4-7(12)9(10(8)13)11(15)17-2/h4-5,14H,3,6H2,1-2H3. The van der Waals surface area contributed by atoms with E-state index in [-0.39, 0.29) is 5.69 Å². The summed E-state index contributed by atoms with van der Waals surface area (Å²) in [6.45, 7) is 1.82. The molecule has 1 rings (SSSR count). The lowest BCUT2D eigenvalue weighted by Gasteiger charge is -2.09. The molecule has 0 aliphatic carbocycles. The molecule has 0 fully saturated rings. The Morgan fingerprint density at radius 3 is 2.67 bits per heavy atom. The van der Waals surface area contributed by atoms with Crippen molar-refractivity contribution in [3.05, 3.63) is 29.3 Å². The van der Waals surface area contributed by atoms with Gasteiger partial charge in [0.05, 0.1) is 12.8 Å². The second-order valence-electron chi connectivity index (χ2n) is 3.43. The van der Waals surface area contributed by atoms with Gasteiger partial charge in [-0.05, 0) is 18.6 Å². The molecule has 18 heavy (non-hydrogen) atoms. The summed E-state index contributed by atoms with van der Waals surface area (Å²) in [6.07, 6.45) is 0.645. The fourth-order valence-corrected chi connectivity index (χ4v) is 2.16. The number of benzene rings is 1. The van der Waals surface area contributed by atoms with Crippen LogP contribution in [-0.4, -0.2) is 23.0 Å². The van der Waals surface area contributed by atoms with Gasteiger partial charge in [-0.2, -0.15) is 0 Å². The second-order valence-corrected chi connectivity index (χ2v) is 4.73. The third-order valence-corrected chi connectivity index (χ3v) is 3.32. The van der Waals surface area contributed by atoms with E-state index in [0.717, 1.165) is 19.2 Å². The Kier molecular flexibility index (Phi) is 5.21. The predicted octanol–water partition coefficient (Wildman–Crippen LogP) is 2.24. The van der Waals surface area contributed by atoms with Gasteiger partial charge in [0.15, 0.2) is 5.82 Å². The van der Waals surface area contributed by atoms with E-state index in [1.807, 2.05) is 6.92 Å². The van der Waals surface area contributed by atoms with Crippen molar-refractivity contribution >= 4 is 22.6 Å². The highest BCUT2D eigenvalue weighted by Crippen LogP contribution is 2.22. The summed E-state index contributed by atoms with van der Waals surface area (Å²) in [4.78, 5) is 11.2. The number of ether oxygens (including phenoxy) is 1. The first-order valence-corrected chi connectivity index (χ1v) is 6.54. The van der Waals surface area contributed by atoms with Crippen molar-refractivity contribution in [2.75, 3.05) is 17.6 Å². The second kappa shape index (κ2) is 6.44. The van der Waals surface area contributed by atoms with Crippen LogP contribution in [0.25, 0.3) is 0 Å². The number of methoxy groups -OCH3 is 1. The largest absolute Gasteiger partial charge is 0.465 e. The van der Waals surface area contributed by atoms with Gasteiger partial charge in [0.25, 0.3) is 0 Å². The fraction of sp³-hybridized carbons (Fsp3) is 0.364. The molecule has 7 heteroatoms. The quantitative estimate of drug-likeness (QED) is 0.840. The maximum Gasteiger partial charge on any atom is 0.343 e. The van der Waals surface area contributed by atoms with Gasteiger partial charge in [0.2, 0.25) is 0 Å². The monoisotopic (exact) mass is 277 g/mol. The number of nitrogens with one attached hydrogen (secondary N) is 1. The van der Waals surface area contributed by atoms with E-state index in [4.69, 9.17) is 0 Å². The number of anilines is 1. The molecule has 1 unspecified atom stereocenters. The highest BCUT2D eigenvalue weighted by molar-refractivity contribution is 7.86. The first-order valence-electron chi connectivity index (χ1n) is 5.22. The normalized spacial score (nSPS) is 12.0. The molecule has 0 spiro atoms. The molecule has 0 aromatic heterocycles. The molecule has 4 nitrogen and oxygen atoms in total. The van der Waals surface area contributed by atoms with Crippen molar-refractivity contribution in [2.45, 2.75) is 13.3 Å². The van der Waals surface area contributed by atoms with Crippen LogP contribution in [0.4, 0.5) is 14.5 Å². The molecule has 0 saturated carbocycles. The number of rotatable bonds is 5. The number of carbonyl (C=O) groups excluding carboxylic acids is 1. The average molecular weight is 277 g/mol. The third-order valence-electron chi connectivity index (χ3n) is 2.09. The van der Waals surface area contributed by atoms with Gasteiger partial charge in [-0.1, -0.05) is 6.92 Å². The summed E-state index contributed by atoms with van der Waals surface area (Å²) in [7, 11) is -0.452. The molecule has 0 radical (unpaired) electrons. The summed E-state index contributed by atoms with van der Waals surface area (Å²) in [5, 5.41) is 0. The zero-order valence-corrected chi connectivity index (χ0v) is 10.8. The maximum atomic E-state index is 13.8. The van der Waals surface area contributed by atoms with E-state index in [1.54, 1.807) is 0 Å². The minimum absolute atomic E-state index is 0.191. The van der Waals surface area contributed by atoms with E-state index in [0.29, 0.717) is 12.2 Å². The van der Waals surface area contributed by atoms with Gasteiger partial charge < -0.3 is 9.46 Å². The summed E-state index contributed by atoms with van der Waals surface area (Å²) in [6, 6.07) is 2.01. The van der Waals surface area contributed by atoms with E-state index in [2.05, 4.69) is 9.46 Å². The Morgan fingerprint density at radius 1 is 1.44 bits per heavy atom. The van der Waals surface area contributed by atoms with Gasteiger partial charge in [-0.3, -0.25) is 0 Å². The highest BCUT2D eigenvalue weighted by Gasteiger charge is 2.21. The number of hydrogen-bond donors (Lipinski definition) is 1. The molecular formula is C11H13F2NO3S. The van der Waals surface area contributed by atoms with Gasteiger partial charge in [-0.25, -0.2) is 17.8 Å². The topological polar surface area (TPSA) is 55.4 Å². The predicted molar refractivity (Wildman–Crippen MR) is 64.6 cm³/mol. The Bertz CT molecular complexity index is 480. The third kappa shape index (κ3) is 3.25. The van der Waals surface area contributed by atoms with E-state index >= 15 is 0 Å². The van der Waals surface area contributed by atoms with Gasteiger partial charge >= 0.3 is 5.97 Å². The van der Waals surface area contributed by atoms with Crippen LogP contribution >= 0.6 is 0 Å². The molecule has 0 aliphatic heterocycles. The molecule has 1 aromatic carbocycles. The zero-order valence-electron chi connectivity index (χ0n) is 9.96. The molecule has 1 aromatic rings. The van der Waals surface area contributed by atoms with E-state index in [9.17, 15) is 17.8 Å². The first kappa shape index (κ1) is 14.6. The Hall–Kier alpha value is -1.50. The summed E-state index contributed by atoms with van der Waals surface area (Å²) in [5.74, 6) is -2.92. The van der Waals surface area contributed by atoms with Gasteiger partial charge in [-0.15, -0.1) is 0 Å². The van der Waals surface area contributed by atoms with Crippen LogP contribution in [0.5, 0.6) is 0 Å². The van der Waals surface area contributed by atoms with Crippen LogP contribution in [0.15, 0.2) is 12.1 Å². The van der Waals surface area contributed by atoms with Crippen LogP contribution < -0.4 is 4.72 Å². The van der Waals surface area contributed by atoms with Crippen LogP contribution in [0.3, 0.4) is 0 Å². The van der Waals surface area contributed by atoms with Gasteiger partial charge in [0, 0.05) is 5.75 Å². The van der Waals surface area contributed by atoms with Crippen LogP contribution in [-0.2, 0) is 15.7 Å². The number of halogens is 2. The lowest BCUT2D eigenvalue weighted by Crippen LogP contribution is -2.13. The zero-order chi connectivity index (χ0) is 13.7. The van der Waals surface area contributed by atoms with Crippen molar-refractivity contribution in [3.8, 4) is 0 Å². The minimum atomic E-state index is -1.48. The molecule has 0 aliphatic rings. The van der Waals surface area contributed by atoms with Crippen LogP contribution in [0.2, 0.25) is 0 Å². The van der Waals surface area contributed by atoms with Crippen molar-refractivity contribution in [1.82, 2.24) is 0 Å². The summed E-state index contributed by atoms with van der Waals surface area (Å²) in [5.41, 5.74) is -0.986. The Balaban J connectivity index is 3.09. The molecule has 0 heterocycles. The number of carbonyl (C=O) groups is 1. The molecule has 100 valence electrons. The fourth-order valence-electron chi connectivity index (χ4n) is 1.28. The van der Waals surface area contributed by atoms with E-state index < -0.39 is 34.2 Å². The summed E-state index contributed by atoms with van der Waals surface area (Å²) >= 11 is 0. The lowest BCUT2D eigenvalue weighted by atomic mass is 10.2. The van der Waals surface area contributed by atoms with Crippen molar-refractivity contribution in [2.24, 2.45) is 0 Å². The minimum Gasteiger partial charge on any atom is -0.465 e. The molecular weight excluding hydrogens is 264 g/mol. The molecule has 0 saturated heterocycles. The average Bonchev–Trinajstić information content (AvgIpc) is 2.33. The summed E-state index contributed by atoms with van der Waals surface area (Å²) < 4.78 is 45.2. The van der Waals surface area contributed by atoms with Crippen LogP contribution in [0.1, 0.15) is 23.7 Å². The first-order chi connectivity index (χ1) is 8.51. The number of hydrogen-bond acceptors (Lipinski definition) is 3. The number of esters is 1. The Morgan fingerprint density at radius 2 is 2.11 bits per heavy atom. The lowest BCUT2D eigenvalue weighted by molar-refractivity contribution is 0.0590. The smallest absolute Gasteiger partial charge is 0.343 e. The molecule has 0 amide bonds. The van der Waals surface area contributed by atoms with E-state index in [1.165, 1.54) is 0 Å². The van der Waals surface area contributed by atoms with Crippen LogP contribution in [0, 0.1) is 11.6 Å². The SMILES string of the molecule is CCCS(=O)Nc1ccc(F)c(C(=O)OC)c1F. The molecule has 0 bridgehead atoms. The van der Waals surface area contributed by atoms with Gasteiger partial charge in [0.1, 0.15) is 22.4 Å². The maximum absolute atomic E-state index is 13.8. The van der Waals surface area contributed by atoms with Crippen molar-refractivity contribution in [1.29, 1.82) is 0 Å². The van der Waals surface area contributed by atoms with Crippen molar-refractivity contribution < 1.29 is 22.5 Å². The molecule has 1 N–H and O–H groups in total. The highest BCUT2D eigenvalue weighted by atomic mass is 32.2. The Labute approximate surface area is 106 Å².